The molecule has 168 valence electrons. The number of hydrogen-bond donors (Lipinski definition) is 1. The number of alkyl halides is 3. The molecule has 1 atom stereocenters. The van der Waals surface area contributed by atoms with Gasteiger partial charge in [0.15, 0.2) is 5.82 Å². The van der Waals surface area contributed by atoms with Crippen LogP contribution >= 0.6 is 0 Å². The Kier molecular flexibility index (Phi) is 6.88. The van der Waals surface area contributed by atoms with Gasteiger partial charge in [0.05, 0.1) is 25.6 Å². The number of halogens is 4. The molecule has 0 aliphatic carbocycles. The predicted molar refractivity (Wildman–Crippen MR) is 102 cm³/mol. The molecular weight excluding hydrogens is 422 g/mol. The van der Waals surface area contributed by atoms with E-state index in [1.807, 2.05) is 24.4 Å². The fraction of sp³-hybridized carbons (Fsp3) is 0.474. The monoisotopic (exact) mass is 443 g/mol. The molecule has 4 rings (SSSR count). The lowest BCUT2D eigenvalue weighted by Gasteiger charge is -2.31. The van der Waals surface area contributed by atoms with Crippen LogP contribution in [0.3, 0.4) is 0 Å². The van der Waals surface area contributed by atoms with Crippen LogP contribution in [0.25, 0.3) is 0 Å². The largest absolute Gasteiger partial charge is 0.490 e. The number of carbonyl (C=O) groups is 1. The molecule has 2 fully saturated rings. The summed E-state index contributed by atoms with van der Waals surface area (Å²) in [6.07, 6.45) is 0.203. The maximum atomic E-state index is 13.1. The van der Waals surface area contributed by atoms with Crippen molar-refractivity contribution in [3.63, 3.8) is 0 Å². The highest BCUT2D eigenvalue weighted by atomic mass is 19.4. The van der Waals surface area contributed by atoms with E-state index in [-0.39, 0.29) is 5.41 Å². The summed E-state index contributed by atoms with van der Waals surface area (Å²) < 4.78 is 50.7. The van der Waals surface area contributed by atoms with E-state index in [2.05, 4.69) is 24.8 Å². The van der Waals surface area contributed by atoms with Crippen LogP contribution in [0.5, 0.6) is 0 Å². The van der Waals surface area contributed by atoms with Gasteiger partial charge in [0.1, 0.15) is 5.82 Å². The Morgan fingerprint density at radius 2 is 1.77 bits per heavy atom. The van der Waals surface area contributed by atoms with Gasteiger partial charge in [0.25, 0.3) is 0 Å². The smallest absolute Gasteiger partial charge is 0.475 e. The van der Waals surface area contributed by atoms with Gasteiger partial charge in [-0.15, -0.1) is 0 Å². The van der Waals surface area contributed by atoms with Gasteiger partial charge in [-0.1, -0.05) is 6.07 Å². The van der Waals surface area contributed by atoms with Gasteiger partial charge >= 0.3 is 12.1 Å². The summed E-state index contributed by atoms with van der Waals surface area (Å²) in [7, 11) is 0. The first-order chi connectivity index (χ1) is 14.7. The van der Waals surface area contributed by atoms with Crippen LogP contribution in [-0.4, -0.2) is 71.6 Å². The summed E-state index contributed by atoms with van der Waals surface area (Å²) in [6, 6.07) is 5.98. The van der Waals surface area contributed by atoms with E-state index >= 15 is 0 Å². The second kappa shape index (κ2) is 9.41. The van der Waals surface area contributed by atoms with Crippen LogP contribution in [0.2, 0.25) is 0 Å². The van der Waals surface area contributed by atoms with Crippen molar-refractivity contribution in [3.8, 4) is 0 Å². The Bertz CT molecular complexity index is 869. The average Bonchev–Trinajstić information content (AvgIpc) is 3.03. The van der Waals surface area contributed by atoms with Crippen LogP contribution in [0.15, 0.2) is 36.8 Å². The SMILES string of the molecule is Fc1cnc(N2CCOCC3(CCN(c4ccccn4)C3)C2)nc1.O=C(O)C(F)(F)F. The number of carboxylic acids is 1. The van der Waals surface area contributed by atoms with Gasteiger partial charge in [-0.2, -0.15) is 13.2 Å². The third kappa shape index (κ3) is 6.00. The maximum absolute atomic E-state index is 13.1. The van der Waals surface area contributed by atoms with Crippen molar-refractivity contribution in [2.75, 3.05) is 49.2 Å². The fourth-order valence-electron chi connectivity index (χ4n) is 3.55. The Balaban J connectivity index is 0.000000339. The minimum Gasteiger partial charge on any atom is -0.475 e. The Morgan fingerprint density at radius 1 is 1.10 bits per heavy atom. The Morgan fingerprint density at radius 3 is 2.39 bits per heavy atom. The topological polar surface area (TPSA) is 91.7 Å². The third-order valence-electron chi connectivity index (χ3n) is 4.98. The molecule has 0 amide bonds. The van der Waals surface area contributed by atoms with Gasteiger partial charge in [-0.3, -0.25) is 0 Å². The molecule has 2 aromatic heterocycles. The number of aromatic nitrogens is 3. The molecule has 1 unspecified atom stereocenters. The highest BCUT2D eigenvalue weighted by Crippen LogP contribution is 2.35. The summed E-state index contributed by atoms with van der Waals surface area (Å²) in [4.78, 5) is 26.0. The van der Waals surface area contributed by atoms with Crippen LogP contribution < -0.4 is 9.80 Å². The Hall–Kier alpha value is -3.02. The van der Waals surface area contributed by atoms with Gasteiger partial charge in [0, 0.05) is 37.8 Å². The molecule has 1 spiro atoms. The zero-order valence-electron chi connectivity index (χ0n) is 16.4. The van der Waals surface area contributed by atoms with Gasteiger partial charge < -0.3 is 19.6 Å². The summed E-state index contributed by atoms with van der Waals surface area (Å²) in [5.41, 5.74) is 0.0196. The van der Waals surface area contributed by atoms with Crippen molar-refractivity contribution < 1.29 is 32.2 Å². The van der Waals surface area contributed by atoms with Crippen molar-refractivity contribution in [1.82, 2.24) is 15.0 Å². The van der Waals surface area contributed by atoms with Crippen molar-refractivity contribution in [2.45, 2.75) is 12.6 Å². The molecule has 0 aromatic carbocycles. The number of carboxylic acid groups (broad SMARTS) is 1. The summed E-state index contributed by atoms with van der Waals surface area (Å²) in [5.74, 6) is -1.60. The second-order valence-electron chi connectivity index (χ2n) is 7.34. The molecular formula is C19H21F4N5O3. The van der Waals surface area contributed by atoms with Crippen LogP contribution in [0.1, 0.15) is 6.42 Å². The minimum absolute atomic E-state index is 0.0196. The molecule has 31 heavy (non-hydrogen) atoms. The van der Waals surface area contributed by atoms with Gasteiger partial charge in [0.2, 0.25) is 5.95 Å². The molecule has 2 aromatic rings. The normalized spacial score (nSPS) is 21.4. The fourth-order valence-corrected chi connectivity index (χ4v) is 3.55. The second-order valence-corrected chi connectivity index (χ2v) is 7.34. The first-order valence-electron chi connectivity index (χ1n) is 9.45. The lowest BCUT2D eigenvalue weighted by atomic mass is 9.87. The number of hydrogen-bond acceptors (Lipinski definition) is 7. The maximum Gasteiger partial charge on any atom is 0.490 e. The first kappa shape index (κ1) is 22.7. The highest BCUT2D eigenvalue weighted by Gasteiger charge is 2.42. The molecule has 8 nitrogen and oxygen atoms in total. The third-order valence-corrected chi connectivity index (χ3v) is 4.98. The Labute approximate surface area is 175 Å². The van der Waals surface area contributed by atoms with Crippen LogP contribution in [0.4, 0.5) is 29.3 Å². The average molecular weight is 443 g/mol. The van der Waals surface area contributed by atoms with Gasteiger partial charge in [-0.25, -0.2) is 24.1 Å². The lowest BCUT2D eigenvalue weighted by Crippen LogP contribution is -2.41. The quantitative estimate of drug-likeness (QED) is 0.708. The number of ether oxygens (including phenoxy) is 1. The molecule has 12 heteroatoms. The predicted octanol–water partition coefficient (Wildman–Crippen LogP) is 2.38. The molecule has 0 bridgehead atoms. The molecule has 1 N–H and O–H groups in total. The van der Waals surface area contributed by atoms with E-state index in [0.29, 0.717) is 19.2 Å². The minimum atomic E-state index is -5.08. The molecule has 0 saturated carbocycles. The van der Waals surface area contributed by atoms with E-state index in [4.69, 9.17) is 14.6 Å². The number of pyridine rings is 1. The molecule has 2 aliphatic heterocycles. The van der Waals surface area contributed by atoms with E-state index in [1.165, 1.54) is 12.4 Å². The van der Waals surface area contributed by atoms with E-state index in [1.54, 1.807) is 0 Å². The first-order valence-corrected chi connectivity index (χ1v) is 9.45. The lowest BCUT2D eigenvalue weighted by molar-refractivity contribution is -0.192. The van der Waals surface area contributed by atoms with Crippen molar-refractivity contribution in [3.05, 3.63) is 42.6 Å². The van der Waals surface area contributed by atoms with Gasteiger partial charge in [-0.05, 0) is 18.6 Å². The molecule has 2 saturated heterocycles. The summed E-state index contributed by atoms with van der Waals surface area (Å²) >= 11 is 0. The molecule has 0 radical (unpaired) electrons. The number of anilines is 2. The molecule has 2 aliphatic rings. The van der Waals surface area contributed by atoms with E-state index < -0.39 is 18.0 Å². The van der Waals surface area contributed by atoms with Crippen LogP contribution in [-0.2, 0) is 9.53 Å². The van der Waals surface area contributed by atoms with Crippen LogP contribution in [0, 0.1) is 11.2 Å². The zero-order chi connectivity index (χ0) is 22.5. The van der Waals surface area contributed by atoms with E-state index in [9.17, 15) is 17.6 Å². The summed E-state index contributed by atoms with van der Waals surface area (Å²) in [6.45, 7) is 4.72. The van der Waals surface area contributed by atoms with Crippen molar-refractivity contribution in [2.24, 2.45) is 5.41 Å². The number of rotatable bonds is 2. The molecule has 4 heterocycles. The standard InChI is InChI=1S/C17H20FN5O.C2HF3O2/c18-14-9-20-16(21-10-14)23-7-8-24-13-17(12-23)4-6-22(11-17)15-3-1-2-5-19-15;3-2(4,5)1(6)7/h1-3,5,9-10H,4,6-8,11-13H2;(H,6,7). The highest BCUT2D eigenvalue weighted by molar-refractivity contribution is 5.73. The zero-order valence-corrected chi connectivity index (χ0v) is 16.4. The summed E-state index contributed by atoms with van der Waals surface area (Å²) in [5, 5.41) is 7.12. The van der Waals surface area contributed by atoms with Crippen molar-refractivity contribution >= 4 is 17.7 Å². The van der Waals surface area contributed by atoms with E-state index in [0.717, 1.165) is 38.4 Å². The van der Waals surface area contributed by atoms with Crippen molar-refractivity contribution in [1.29, 1.82) is 0 Å². The number of aliphatic carboxylic acids is 1. The number of nitrogens with zero attached hydrogens (tertiary/aromatic N) is 5.